The predicted octanol–water partition coefficient (Wildman–Crippen LogP) is 4.41. The Morgan fingerprint density at radius 2 is 1.79 bits per heavy atom. The third kappa shape index (κ3) is 3.68. The first-order valence-corrected chi connectivity index (χ1v) is 8.47. The summed E-state index contributed by atoms with van der Waals surface area (Å²) in [5.74, 6) is -0.259. The average molecular weight is 338 g/mol. The molecule has 1 fully saturated rings. The van der Waals surface area contributed by atoms with Gasteiger partial charge >= 0.3 is 0 Å². The highest BCUT2D eigenvalue weighted by atomic mass is 32.2. The van der Waals surface area contributed by atoms with Crippen molar-refractivity contribution >= 4 is 34.7 Å². The van der Waals surface area contributed by atoms with Gasteiger partial charge in [-0.05, 0) is 54.9 Å². The number of aryl methyl sites for hydroxylation is 2. The van der Waals surface area contributed by atoms with Crippen LogP contribution in [0.3, 0.4) is 0 Å². The van der Waals surface area contributed by atoms with E-state index in [1.807, 2.05) is 62.4 Å². The molecule has 1 heterocycles. The van der Waals surface area contributed by atoms with Crippen molar-refractivity contribution in [3.05, 3.63) is 70.1 Å². The van der Waals surface area contributed by atoms with Crippen molar-refractivity contribution in [2.75, 3.05) is 12.0 Å². The highest BCUT2D eigenvalue weighted by molar-refractivity contribution is 8.18. The van der Waals surface area contributed by atoms with Crippen molar-refractivity contribution in [3.63, 3.8) is 0 Å². The maximum atomic E-state index is 12.5. The zero-order chi connectivity index (χ0) is 17.1. The van der Waals surface area contributed by atoms with Crippen LogP contribution in [0.25, 0.3) is 6.08 Å². The molecule has 1 N–H and O–H groups in total. The van der Waals surface area contributed by atoms with Crippen molar-refractivity contribution in [1.29, 1.82) is 0 Å². The number of hydrogen-bond acceptors (Lipinski definition) is 4. The quantitative estimate of drug-likeness (QED) is 0.839. The van der Waals surface area contributed by atoms with Crippen LogP contribution < -0.4 is 5.32 Å². The van der Waals surface area contributed by atoms with Gasteiger partial charge < -0.3 is 5.32 Å². The van der Waals surface area contributed by atoms with E-state index in [-0.39, 0.29) is 17.8 Å². The van der Waals surface area contributed by atoms with Crippen LogP contribution in [0, 0.1) is 13.8 Å². The number of nitrogens with zero attached hydrogens (tertiary/aromatic N) is 1. The normalized spacial score (nSPS) is 16.1. The first kappa shape index (κ1) is 16.3. The molecule has 1 aliphatic heterocycles. The molecule has 0 aliphatic carbocycles. The third-order valence-corrected chi connectivity index (χ3v) is 4.62. The van der Waals surface area contributed by atoms with E-state index in [1.165, 1.54) is 4.90 Å². The minimum atomic E-state index is -0.259. The summed E-state index contributed by atoms with van der Waals surface area (Å²) in [5.41, 5.74) is 4.07. The SMILES string of the molecule is Cc1ccc(/C=C2\SC(=O)N(CNc3cccc(C)c3)C2=O)cc1. The Balaban J connectivity index is 1.71. The Labute approximate surface area is 145 Å². The van der Waals surface area contributed by atoms with E-state index in [0.717, 1.165) is 34.1 Å². The van der Waals surface area contributed by atoms with Gasteiger partial charge in [-0.15, -0.1) is 0 Å². The van der Waals surface area contributed by atoms with Crippen LogP contribution in [0.5, 0.6) is 0 Å². The summed E-state index contributed by atoms with van der Waals surface area (Å²) in [6, 6.07) is 15.7. The number of hydrogen-bond donors (Lipinski definition) is 1. The van der Waals surface area contributed by atoms with E-state index in [1.54, 1.807) is 6.08 Å². The third-order valence-electron chi connectivity index (χ3n) is 3.71. The molecule has 4 nitrogen and oxygen atoms in total. The number of carbonyl (C=O) groups excluding carboxylic acids is 2. The summed E-state index contributed by atoms with van der Waals surface area (Å²) in [4.78, 5) is 26.2. The highest BCUT2D eigenvalue weighted by Gasteiger charge is 2.34. The summed E-state index contributed by atoms with van der Waals surface area (Å²) >= 11 is 0.978. The molecule has 122 valence electrons. The number of thioether (sulfide) groups is 1. The van der Waals surface area contributed by atoms with E-state index in [2.05, 4.69) is 5.32 Å². The number of nitrogens with one attached hydrogen (secondary N) is 1. The number of benzene rings is 2. The largest absolute Gasteiger partial charge is 0.367 e. The standard InChI is InChI=1S/C19H18N2O2S/c1-13-6-8-15(9-7-13)11-17-18(22)21(19(23)24-17)12-20-16-5-3-4-14(2)10-16/h3-11,20H,12H2,1-2H3/b17-11-. The van der Waals surface area contributed by atoms with Gasteiger partial charge in [-0.2, -0.15) is 0 Å². The van der Waals surface area contributed by atoms with Gasteiger partial charge in [-0.1, -0.05) is 42.0 Å². The topological polar surface area (TPSA) is 49.4 Å². The molecule has 0 atom stereocenters. The fourth-order valence-corrected chi connectivity index (χ4v) is 3.21. The first-order chi connectivity index (χ1) is 11.5. The molecule has 2 aromatic carbocycles. The molecule has 0 saturated carbocycles. The zero-order valence-corrected chi connectivity index (χ0v) is 14.4. The lowest BCUT2D eigenvalue weighted by Crippen LogP contribution is -2.33. The fraction of sp³-hybridized carbons (Fsp3) is 0.158. The summed E-state index contributed by atoms with van der Waals surface area (Å²) in [6.07, 6.45) is 1.76. The van der Waals surface area contributed by atoms with Crippen molar-refractivity contribution in [3.8, 4) is 0 Å². The van der Waals surface area contributed by atoms with E-state index >= 15 is 0 Å². The second kappa shape index (κ2) is 6.93. The lowest BCUT2D eigenvalue weighted by Gasteiger charge is -2.14. The molecule has 0 radical (unpaired) electrons. The van der Waals surface area contributed by atoms with Gasteiger partial charge in [0.15, 0.2) is 0 Å². The monoisotopic (exact) mass is 338 g/mol. The number of amides is 2. The van der Waals surface area contributed by atoms with Crippen molar-refractivity contribution in [2.24, 2.45) is 0 Å². The predicted molar refractivity (Wildman–Crippen MR) is 98.7 cm³/mol. The van der Waals surface area contributed by atoms with E-state index < -0.39 is 0 Å². The molecule has 2 amide bonds. The van der Waals surface area contributed by atoms with Gasteiger partial charge in [0.25, 0.3) is 11.1 Å². The van der Waals surface area contributed by atoms with Crippen LogP contribution >= 0.6 is 11.8 Å². The lowest BCUT2D eigenvalue weighted by molar-refractivity contribution is -0.122. The van der Waals surface area contributed by atoms with Crippen molar-refractivity contribution in [1.82, 2.24) is 4.90 Å². The average Bonchev–Trinajstić information content (AvgIpc) is 2.82. The molecule has 24 heavy (non-hydrogen) atoms. The molecule has 0 bridgehead atoms. The Kier molecular flexibility index (Phi) is 4.71. The summed E-state index contributed by atoms with van der Waals surface area (Å²) in [6.45, 7) is 4.17. The summed E-state index contributed by atoms with van der Waals surface area (Å²) in [7, 11) is 0. The fourth-order valence-electron chi connectivity index (χ4n) is 2.38. The van der Waals surface area contributed by atoms with Crippen LogP contribution in [0.1, 0.15) is 16.7 Å². The molecule has 0 spiro atoms. The number of carbonyl (C=O) groups is 2. The first-order valence-electron chi connectivity index (χ1n) is 7.65. The Morgan fingerprint density at radius 3 is 2.50 bits per heavy atom. The van der Waals surface area contributed by atoms with E-state index in [4.69, 9.17) is 0 Å². The molecule has 2 aromatic rings. The molecular formula is C19H18N2O2S. The maximum Gasteiger partial charge on any atom is 0.295 e. The van der Waals surface area contributed by atoms with Crippen LogP contribution in [0.2, 0.25) is 0 Å². The van der Waals surface area contributed by atoms with Gasteiger partial charge in [0.2, 0.25) is 0 Å². The van der Waals surface area contributed by atoms with Crippen LogP contribution in [-0.2, 0) is 4.79 Å². The van der Waals surface area contributed by atoms with Gasteiger partial charge in [0.05, 0.1) is 11.6 Å². The summed E-state index contributed by atoms with van der Waals surface area (Å²) in [5, 5.41) is 2.87. The van der Waals surface area contributed by atoms with Gasteiger partial charge in [-0.25, -0.2) is 0 Å². The minimum Gasteiger partial charge on any atom is -0.367 e. The van der Waals surface area contributed by atoms with Gasteiger partial charge in [-0.3, -0.25) is 14.5 Å². The molecule has 1 aliphatic rings. The molecule has 0 aromatic heterocycles. The van der Waals surface area contributed by atoms with E-state index in [9.17, 15) is 9.59 Å². The Bertz CT molecular complexity index is 812. The number of anilines is 1. The zero-order valence-electron chi connectivity index (χ0n) is 13.6. The molecule has 3 rings (SSSR count). The maximum absolute atomic E-state index is 12.5. The van der Waals surface area contributed by atoms with Crippen molar-refractivity contribution in [2.45, 2.75) is 13.8 Å². The lowest BCUT2D eigenvalue weighted by atomic mass is 10.1. The minimum absolute atomic E-state index is 0.166. The van der Waals surface area contributed by atoms with Crippen LogP contribution in [0.15, 0.2) is 53.4 Å². The van der Waals surface area contributed by atoms with Gasteiger partial charge in [0.1, 0.15) is 0 Å². The Hall–Kier alpha value is -2.53. The second-order valence-corrected chi connectivity index (χ2v) is 6.72. The number of imide groups is 1. The molecular weight excluding hydrogens is 320 g/mol. The number of rotatable bonds is 4. The molecule has 1 saturated heterocycles. The summed E-state index contributed by atoms with van der Waals surface area (Å²) < 4.78 is 0. The smallest absolute Gasteiger partial charge is 0.295 e. The highest BCUT2D eigenvalue weighted by Crippen LogP contribution is 2.32. The second-order valence-electron chi connectivity index (χ2n) is 5.72. The van der Waals surface area contributed by atoms with Crippen molar-refractivity contribution < 1.29 is 9.59 Å². The van der Waals surface area contributed by atoms with Gasteiger partial charge in [0, 0.05) is 5.69 Å². The molecule has 5 heteroatoms. The Morgan fingerprint density at radius 1 is 1.04 bits per heavy atom. The van der Waals surface area contributed by atoms with Crippen LogP contribution in [0.4, 0.5) is 10.5 Å². The molecule has 0 unspecified atom stereocenters. The van der Waals surface area contributed by atoms with E-state index in [0.29, 0.717) is 4.91 Å². The van der Waals surface area contributed by atoms with Crippen LogP contribution in [-0.4, -0.2) is 22.7 Å².